The average molecular weight is 276 g/mol. The second-order valence-corrected chi connectivity index (χ2v) is 4.42. The lowest BCUT2D eigenvalue weighted by molar-refractivity contribution is 0.386. The van der Waals surface area contributed by atoms with Gasteiger partial charge in [0.25, 0.3) is 0 Å². The van der Waals surface area contributed by atoms with Gasteiger partial charge in [-0.15, -0.1) is 0 Å². The summed E-state index contributed by atoms with van der Waals surface area (Å²) in [6.45, 7) is 1.81. The van der Waals surface area contributed by atoms with E-state index in [4.69, 9.17) is 10.6 Å². The first-order chi connectivity index (χ1) is 9.63. The number of aromatic nitrogens is 2. The Bertz CT molecular complexity index is 591. The van der Waals surface area contributed by atoms with Crippen molar-refractivity contribution in [3.63, 3.8) is 0 Å². The van der Waals surface area contributed by atoms with Gasteiger partial charge in [-0.2, -0.15) is 0 Å². The first kappa shape index (κ1) is 14.4. The molecule has 0 fully saturated rings. The molecular weight excluding hydrogens is 259 g/mol. The topological polar surface area (TPSA) is 73.1 Å². The number of nitrogens with one attached hydrogen (secondary N) is 1. The van der Waals surface area contributed by atoms with Crippen LogP contribution >= 0.6 is 0 Å². The molecule has 0 radical (unpaired) electrons. The van der Waals surface area contributed by atoms with Crippen LogP contribution in [0.4, 0.5) is 4.39 Å². The molecule has 1 aromatic heterocycles. The molecule has 106 valence electrons. The average Bonchev–Trinajstić information content (AvgIpc) is 2.45. The van der Waals surface area contributed by atoms with Crippen molar-refractivity contribution in [1.29, 1.82) is 0 Å². The van der Waals surface area contributed by atoms with Gasteiger partial charge in [0.1, 0.15) is 5.82 Å². The van der Waals surface area contributed by atoms with Crippen LogP contribution < -0.4 is 16.0 Å². The number of hydrogen-bond acceptors (Lipinski definition) is 5. The highest BCUT2D eigenvalue weighted by Gasteiger charge is 2.14. The normalized spacial score (nSPS) is 12.2. The number of hydrazine groups is 1. The maximum absolute atomic E-state index is 13.7. The van der Waals surface area contributed by atoms with Crippen molar-refractivity contribution in [2.24, 2.45) is 5.84 Å². The van der Waals surface area contributed by atoms with E-state index in [1.165, 1.54) is 13.2 Å². The molecule has 0 aliphatic heterocycles. The molecule has 1 heterocycles. The quantitative estimate of drug-likeness (QED) is 0.642. The molecule has 0 saturated carbocycles. The second-order valence-electron chi connectivity index (χ2n) is 4.42. The van der Waals surface area contributed by atoms with Gasteiger partial charge in [0.05, 0.1) is 18.8 Å². The van der Waals surface area contributed by atoms with Crippen molar-refractivity contribution < 1.29 is 9.13 Å². The summed E-state index contributed by atoms with van der Waals surface area (Å²) in [5.74, 6) is 6.07. The number of hydrogen-bond donors (Lipinski definition) is 2. The molecule has 0 bridgehead atoms. The molecule has 3 N–H and O–H groups in total. The molecule has 1 atom stereocenters. The van der Waals surface area contributed by atoms with Crippen molar-refractivity contribution in [3.05, 3.63) is 53.4 Å². The van der Waals surface area contributed by atoms with Crippen LogP contribution in [0.15, 0.2) is 30.5 Å². The number of halogens is 1. The van der Waals surface area contributed by atoms with Crippen LogP contribution in [0.2, 0.25) is 0 Å². The zero-order valence-corrected chi connectivity index (χ0v) is 11.4. The lowest BCUT2D eigenvalue weighted by Gasteiger charge is -2.16. The highest BCUT2D eigenvalue weighted by atomic mass is 19.1. The van der Waals surface area contributed by atoms with Crippen molar-refractivity contribution in [2.45, 2.75) is 19.4 Å². The molecule has 0 aliphatic rings. The minimum absolute atomic E-state index is 0.204. The Morgan fingerprint density at radius 3 is 2.80 bits per heavy atom. The monoisotopic (exact) mass is 276 g/mol. The van der Waals surface area contributed by atoms with Gasteiger partial charge in [0, 0.05) is 6.20 Å². The first-order valence-corrected chi connectivity index (χ1v) is 6.22. The summed E-state index contributed by atoms with van der Waals surface area (Å²) in [6.07, 6.45) is 2.20. The second kappa shape index (κ2) is 6.40. The smallest absolute Gasteiger partial charge is 0.165 e. The van der Waals surface area contributed by atoms with Gasteiger partial charge in [0.2, 0.25) is 0 Å². The molecule has 20 heavy (non-hydrogen) atoms. The molecule has 5 nitrogen and oxygen atoms in total. The Morgan fingerprint density at radius 2 is 2.20 bits per heavy atom. The summed E-state index contributed by atoms with van der Waals surface area (Å²) in [5.41, 5.74) is 4.28. The van der Waals surface area contributed by atoms with Crippen LogP contribution in [0.1, 0.15) is 23.1 Å². The van der Waals surface area contributed by atoms with Gasteiger partial charge >= 0.3 is 0 Å². The van der Waals surface area contributed by atoms with E-state index in [1.807, 2.05) is 6.92 Å². The number of ether oxygens (including phenoxy) is 1. The van der Waals surface area contributed by atoms with Crippen LogP contribution in [0.25, 0.3) is 0 Å². The van der Waals surface area contributed by atoms with E-state index in [1.54, 1.807) is 24.4 Å². The lowest BCUT2D eigenvalue weighted by atomic mass is 10.0. The Morgan fingerprint density at radius 1 is 1.40 bits per heavy atom. The van der Waals surface area contributed by atoms with Gasteiger partial charge in [-0.1, -0.05) is 6.07 Å². The van der Waals surface area contributed by atoms with Gasteiger partial charge < -0.3 is 4.74 Å². The number of nitrogens with two attached hydrogens (primary N) is 1. The van der Waals surface area contributed by atoms with E-state index < -0.39 is 0 Å². The van der Waals surface area contributed by atoms with Crippen molar-refractivity contribution in [2.75, 3.05) is 7.11 Å². The van der Waals surface area contributed by atoms with Gasteiger partial charge in [0.15, 0.2) is 11.6 Å². The van der Waals surface area contributed by atoms with Crippen LogP contribution in [0, 0.1) is 12.7 Å². The molecule has 1 unspecified atom stereocenters. The van der Waals surface area contributed by atoms with Crippen molar-refractivity contribution in [1.82, 2.24) is 15.4 Å². The minimum Gasteiger partial charge on any atom is -0.494 e. The SMILES string of the molecule is COc1ccc(CC(NN)c2ccnc(C)n2)cc1F. The zero-order valence-electron chi connectivity index (χ0n) is 11.4. The Hall–Kier alpha value is -2.05. The molecule has 2 aromatic rings. The molecular formula is C14H17FN4O. The van der Waals surface area contributed by atoms with E-state index in [9.17, 15) is 4.39 Å². The summed E-state index contributed by atoms with van der Waals surface area (Å²) in [5, 5.41) is 0. The van der Waals surface area contributed by atoms with Crippen LogP contribution in [0.3, 0.4) is 0 Å². The molecule has 0 amide bonds. The highest BCUT2D eigenvalue weighted by Crippen LogP contribution is 2.21. The van der Waals surface area contributed by atoms with E-state index in [2.05, 4.69) is 15.4 Å². The number of rotatable bonds is 5. The van der Waals surface area contributed by atoms with Gasteiger partial charge in [-0.3, -0.25) is 11.3 Å². The fraction of sp³-hybridized carbons (Fsp3) is 0.286. The van der Waals surface area contributed by atoms with Gasteiger partial charge in [-0.05, 0) is 37.1 Å². The third-order valence-electron chi connectivity index (χ3n) is 3.01. The maximum atomic E-state index is 13.7. The third-order valence-corrected chi connectivity index (χ3v) is 3.01. The summed E-state index contributed by atoms with van der Waals surface area (Å²) in [7, 11) is 1.44. The largest absolute Gasteiger partial charge is 0.494 e. The molecule has 0 aliphatic carbocycles. The number of benzene rings is 1. The van der Waals surface area contributed by atoms with Crippen LogP contribution in [-0.4, -0.2) is 17.1 Å². The van der Waals surface area contributed by atoms with E-state index in [-0.39, 0.29) is 17.6 Å². The third kappa shape index (κ3) is 3.28. The van der Waals surface area contributed by atoms with E-state index in [0.717, 1.165) is 11.3 Å². The fourth-order valence-electron chi connectivity index (χ4n) is 1.99. The first-order valence-electron chi connectivity index (χ1n) is 6.22. The number of aryl methyl sites for hydroxylation is 1. The van der Waals surface area contributed by atoms with Crippen molar-refractivity contribution in [3.8, 4) is 5.75 Å². The Kier molecular flexibility index (Phi) is 4.60. The minimum atomic E-state index is -0.389. The molecule has 0 spiro atoms. The summed E-state index contributed by atoms with van der Waals surface area (Å²) < 4.78 is 18.6. The predicted molar refractivity (Wildman–Crippen MR) is 73.5 cm³/mol. The Balaban J connectivity index is 2.20. The number of methoxy groups -OCH3 is 1. The van der Waals surface area contributed by atoms with E-state index >= 15 is 0 Å². The fourth-order valence-corrected chi connectivity index (χ4v) is 1.99. The predicted octanol–water partition coefficient (Wildman–Crippen LogP) is 1.68. The Labute approximate surface area is 117 Å². The highest BCUT2D eigenvalue weighted by molar-refractivity contribution is 5.30. The molecule has 2 rings (SSSR count). The zero-order chi connectivity index (χ0) is 14.5. The molecule has 1 aromatic carbocycles. The maximum Gasteiger partial charge on any atom is 0.165 e. The standard InChI is InChI=1S/C14H17FN4O/c1-9-17-6-5-12(18-9)13(19-16)8-10-3-4-14(20-2)11(15)7-10/h3-7,13,19H,8,16H2,1-2H3. The summed E-state index contributed by atoms with van der Waals surface area (Å²) in [4.78, 5) is 8.37. The lowest BCUT2D eigenvalue weighted by Crippen LogP contribution is -2.30. The molecule has 6 heteroatoms. The van der Waals surface area contributed by atoms with Crippen LogP contribution in [0.5, 0.6) is 5.75 Å². The summed E-state index contributed by atoms with van der Waals surface area (Å²) >= 11 is 0. The van der Waals surface area contributed by atoms with Crippen LogP contribution in [-0.2, 0) is 6.42 Å². The van der Waals surface area contributed by atoms with Gasteiger partial charge in [-0.25, -0.2) is 14.4 Å². The van der Waals surface area contributed by atoms with E-state index in [0.29, 0.717) is 12.2 Å². The molecule has 0 saturated heterocycles. The summed E-state index contributed by atoms with van der Waals surface area (Å²) in [6, 6.07) is 6.43. The number of nitrogens with zero attached hydrogens (tertiary/aromatic N) is 2. The van der Waals surface area contributed by atoms with Crippen molar-refractivity contribution >= 4 is 0 Å².